The number of rotatable bonds is 3. The van der Waals surface area contributed by atoms with E-state index >= 15 is 0 Å². The Morgan fingerprint density at radius 3 is 2.14 bits per heavy atom. The van der Waals surface area contributed by atoms with E-state index in [-0.39, 0.29) is 29.4 Å². The summed E-state index contributed by atoms with van der Waals surface area (Å²) in [7, 11) is 0. The van der Waals surface area contributed by atoms with Gasteiger partial charge in [0.1, 0.15) is 11.9 Å². The monoisotopic (exact) mass is 396 g/mol. The van der Waals surface area contributed by atoms with E-state index in [2.05, 4.69) is 0 Å². The largest absolute Gasteiger partial charge is 0.274 e. The van der Waals surface area contributed by atoms with E-state index in [9.17, 15) is 24.1 Å². The third kappa shape index (κ3) is 2.58. The van der Waals surface area contributed by atoms with Crippen LogP contribution in [0, 0.1) is 21.8 Å². The number of halogens is 1. The van der Waals surface area contributed by atoms with Crippen LogP contribution < -0.4 is 4.90 Å². The number of nitrogens with zero attached hydrogens (tertiary/aromatic N) is 4. The Bertz CT molecular complexity index is 1010. The number of hydrogen-bond acceptors (Lipinski definition) is 6. The molecule has 148 valence electrons. The van der Waals surface area contributed by atoms with Gasteiger partial charge >= 0.3 is 0 Å². The molecule has 0 bridgehead atoms. The second-order valence-electron chi connectivity index (χ2n) is 7.43. The van der Waals surface area contributed by atoms with Gasteiger partial charge in [0.2, 0.25) is 5.91 Å². The molecule has 3 saturated heterocycles. The summed E-state index contributed by atoms with van der Waals surface area (Å²) >= 11 is 0. The van der Waals surface area contributed by atoms with Gasteiger partial charge in [-0.05, 0) is 36.2 Å². The second-order valence-corrected chi connectivity index (χ2v) is 7.43. The fourth-order valence-corrected chi connectivity index (χ4v) is 4.75. The number of carbonyl (C=O) groups is 2. The van der Waals surface area contributed by atoms with Crippen LogP contribution in [0.15, 0.2) is 48.5 Å². The van der Waals surface area contributed by atoms with Gasteiger partial charge in [-0.1, -0.05) is 12.1 Å². The first-order valence-electron chi connectivity index (χ1n) is 9.38. The van der Waals surface area contributed by atoms with Crippen molar-refractivity contribution < 1.29 is 18.9 Å². The number of carbonyl (C=O) groups excluding carboxylic acids is 2. The normalized spacial score (nSPS) is 26.8. The lowest BCUT2D eigenvalue weighted by Gasteiger charge is -2.29. The first-order valence-corrected chi connectivity index (χ1v) is 9.38. The molecule has 9 heteroatoms. The summed E-state index contributed by atoms with van der Waals surface area (Å²) in [4.78, 5) is 38.1. The van der Waals surface area contributed by atoms with Crippen LogP contribution in [0.25, 0.3) is 0 Å². The predicted molar refractivity (Wildman–Crippen MR) is 100 cm³/mol. The number of non-ortho nitro benzene ring substituents is 1. The Morgan fingerprint density at radius 2 is 1.52 bits per heavy atom. The van der Waals surface area contributed by atoms with Crippen molar-refractivity contribution in [2.75, 3.05) is 18.0 Å². The van der Waals surface area contributed by atoms with Gasteiger partial charge in [0.25, 0.3) is 11.6 Å². The van der Waals surface area contributed by atoms with Crippen molar-refractivity contribution in [3.05, 3.63) is 70.0 Å². The number of anilines is 1. The van der Waals surface area contributed by atoms with E-state index in [0.29, 0.717) is 12.2 Å². The molecule has 2 aromatic rings. The summed E-state index contributed by atoms with van der Waals surface area (Å²) in [6.45, 7) is 1.40. The molecule has 3 atom stereocenters. The average molecular weight is 396 g/mol. The van der Waals surface area contributed by atoms with Crippen molar-refractivity contribution in [2.45, 2.75) is 18.5 Å². The van der Waals surface area contributed by atoms with Crippen molar-refractivity contribution in [1.29, 1.82) is 0 Å². The second kappa shape index (κ2) is 6.43. The van der Waals surface area contributed by atoms with Gasteiger partial charge in [0.15, 0.2) is 0 Å². The van der Waals surface area contributed by atoms with Crippen LogP contribution >= 0.6 is 0 Å². The number of nitro benzene ring substituents is 1. The van der Waals surface area contributed by atoms with Gasteiger partial charge in [-0.15, -0.1) is 0 Å². The molecule has 0 N–H and O–H groups in total. The first-order chi connectivity index (χ1) is 14.0. The van der Waals surface area contributed by atoms with Gasteiger partial charge in [-0.25, -0.2) is 19.3 Å². The quantitative estimate of drug-likeness (QED) is 0.449. The lowest BCUT2D eigenvalue weighted by molar-refractivity contribution is -0.384. The Balaban J connectivity index is 1.54. The fraction of sp³-hybridized carbons (Fsp3) is 0.300. The van der Waals surface area contributed by atoms with Gasteiger partial charge < -0.3 is 0 Å². The zero-order chi connectivity index (χ0) is 20.3. The molecule has 3 heterocycles. The van der Waals surface area contributed by atoms with Crippen LogP contribution in [0.3, 0.4) is 0 Å². The van der Waals surface area contributed by atoms with Crippen LogP contribution in [0.1, 0.15) is 18.0 Å². The topological polar surface area (TPSA) is 87.0 Å². The van der Waals surface area contributed by atoms with Crippen LogP contribution in [0.5, 0.6) is 0 Å². The number of fused-ring (bicyclic) bond motifs is 3. The molecule has 29 heavy (non-hydrogen) atoms. The molecule has 0 aliphatic carbocycles. The third-order valence-corrected chi connectivity index (χ3v) is 5.94. The molecule has 0 spiro atoms. The number of hydrogen-bond donors (Lipinski definition) is 0. The highest BCUT2D eigenvalue weighted by molar-refractivity contribution is 6.24. The van der Waals surface area contributed by atoms with Crippen molar-refractivity contribution in [3.63, 3.8) is 0 Å². The number of benzene rings is 2. The van der Waals surface area contributed by atoms with E-state index in [1.165, 1.54) is 36.4 Å². The van der Waals surface area contributed by atoms with Crippen molar-refractivity contribution in [2.24, 2.45) is 5.92 Å². The Hall–Kier alpha value is -3.17. The standard InChI is InChI=1S/C20H17FN4O4/c21-13-4-2-12(3-5-13)17-16-18(23-11-1-10-22(17)23)20(27)24(19(16)26)14-6-8-15(9-7-14)25(28)29/h2-9,16-18H,1,10-11H2/t16-,17-,18+/m1/s1. The summed E-state index contributed by atoms with van der Waals surface area (Å²) in [5, 5.41) is 14.9. The van der Waals surface area contributed by atoms with Crippen LogP contribution in [-0.4, -0.2) is 45.9 Å². The summed E-state index contributed by atoms with van der Waals surface area (Å²) in [6.07, 6.45) is 0.875. The number of hydrazine groups is 1. The SMILES string of the molecule is O=C1[C@H]2[C@@H](C(=O)N1c1ccc([N+](=O)[O-])cc1)N1CCCN1[C@@H]2c1ccc(F)cc1. The summed E-state index contributed by atoms with van der Waals surface area (Å²) in [5.74, 6) is -1.63. The predicted octanol–water partition coefficient (Wildman–Crippen LogP) is 2.27. The highest BCUT2D eigenvalue weighted by Gasteiger charge is 2.62. The Kier molecular flexibility index (Phi) is 3.97. The minimum absolute atomic E-state index is 0.108. The van der Waals surface area contributed by atoms with Gasteiger partial charge in [-0.3, -0.25) is 19.7 Å². The zero-order valence-electron chi connectivity index (χ0n) is 15.3. The smallest absolute Gasteiger partial charge is 0.269 e. The third-order valence-electron chi connectivity index (χ3n) is 5.94. The van der Waals surface area contributed by atoms with Crippen LogP contribution in [0.2, 0.25) is 0 Å². The van der Waals surface area contributed by atoms with Crippen molar-refractivity contribution >= 4 is 23.2 Å². The van der Waals surface area contributed by atoms with Gasteiger partial charge in [0.05, 0.1) is 22.6 Å². The molecule has 2 amide bonds. The fourth-order valence-electron chi connectivity index (χ4n) is 4.75. The molecule has 3 fully saturated rings. The maximum absolute atomic E-state index is 13.4. The Labute approximate surface area is 165 Å². The molecule has 0 unspecified atom stereocenters. The van der Waals surface area contributed by atoms with E-state index in [1.54, 1.807) is 12.1 Å². The lowest BCUT2D eigenvalue weighted by Crippen LogP contribution is -2.44. The molecule has 0 radical (unpaired) electrons. The number of nitro groups is 1. The summed E-state index contributed by atoms with van der Waals surface area (Å²) in [5.41, 5.74) is 1.00. The van der Waals surface area contributed by atoms with E-state index in [0.717, 1.165) is 23.4 Å². The van der Waals surface area contributed by atoms with Gasteiger partial charge in [0, 0.05) is 25.2 Å². The summed E-state index contributed by atoms with van der Waals surface area (Å²) in [6, 6.07) is 10.5. The average Bonchev–Trinajstić information content (AvgIpc) is 3.35. The van der Waals surface area contributed by atoms with Crippen molar-refractivity contribution in [1.82, 2.24) is 10.0 Å². The zero-order valence-corrected chi connectivity index (χ0v) is 15.3. The number of imide groups is 1. The Morgan fingerprint density at radius 1 is 0.897 bits per heavy atom. The molecule has 3 aliphatic heterocycles. The minimum atomic E-state index is -0.616. The summed E-state index contributed by atoms with van der Waals surface area (Å²) < 4.78 is 13.4. The molecular formula is C20H17FN4O4. The lowest BCUT2D eigenvalue weighted by atomic mass is 9.90. The maximum atomic E-state index is 13.4. The molecular weight excluding hydrogens is 379 g/mol. The first kappa shape index (κ1) is 17.9. The maximum Gasteiger partial charge on any atom is 0.269 e. The van der Waals surface area contributed by atoms with E-state index < -0.39 is 16.9 Å². The highest BCUT2D eigenvalue weighted by Crippen LogP contribution is 2.48. The van der Waals surface area contributed by atoms with Crippen LogP contribution in [0.4, 0.5) is 15.8 Å². The van der Waals surface area contributed by atoms with Gasteiger partial charge in [-0.2, -0.15) is 0 Å². The molecule has 0 saturated carbocycles. The van der Waals surface area contributed by atoms with Crippen molar-refractivity contribution in [3.8, 4) is 0 Å². The molecule has 5 rings (SSSR count). The molecule has 3 aliphatic rings. The molecule has 8 nitrogen and oxygen atoms in total. The molecule has 2 aromatic carbocycles. The van der Waals surface area contributed by atoms with E-state index in [4.69, 9.17) is 0 Å². The van der Waals surface area contributed by atoms with E-state index in [1.807, 2.05) is 10.0 Å². The minimum Gasteiger partial charge on any atom is -0.274 e. The number of amides is 2. The van der Waals surface area contributed by atoms with Crippen LogP contribution in [-0.2, 0) is 9.59 Å². The molecule has 0 aromatic heterocycles. The highest BCUT2D eigenvalue weighted by atomic mass is 19.1.